The minimum Gasteiger partial charge on any atom is -0.351 e. The zero-order valence-corrected chi connectivity index (χ0v) is 20.8. The summed E-state index contributed by atoms with van der Waals surface area (Å²) in [5.74, 6) is -1.01. The van der Waals surface area contributed by atoms with Crippen LogP contribution in [-0.2, 0) is 9.47 Å². The third-order valence-electron chi connectivity index (χ3n) is 3.84. The van der Waals surface area contributed by atoms with E-state index >= 15 is 0 Å². The fourth-order valence-corrected chi connectivity index (χ4v) is 3.06. The highest BCUT2D eigenvalue weighted by Crippen LogP contribution is 2.32. The molecule has 0 spiro atoms. The Hall–Kier alpha value is -0.960. The monoisotopic (exact) mass is 560 g/mol. The van der Waals surface area contributed by atoms with Crippen molar-refractivity contribution < 1.29 is 19.1 Å². The SMILES string of the molecule is O=C(N[C@@H](OCCO[C@H](NC(=O)c1ccccc1)C(Cl)(Cl)Cl)C(Cl)(Cl)Cl)c1ccccc1. The summed E-state index contributed by atoms with van der Waals surface area (Å²) in [6, 6.07) is 16.6. The van der Waals surface area contributed by atoms with Crippen LogP contribution in [0.25, 0.3) is 0 Å². The second-order valence-corrected chi connectivity index (χ2v) is 11.0. The molecule has 0 radical (unpaired) electrons. The first kappa shape index (κ1) is 27.3. The molecule has 0 unspecified atom stereocenters. The zero-order chi connectivity index (χ0) is 23.8. The van der Waals surface area contributed by atoms with Crippen LogP contribution >= 0.6 is 69.6 Å². The Kier molecular flexibility index (Phi) is 10.6. The molecule has 12 heteroatoms. The number of nitrogens with one attached hydrogen (secondary N) is 2. The number of carbonyl (C=O) groups is 2. The van der Waals surface area contributed by atoms with Gasteiger partial charge in [-0.25, -0.2) is 0 Å². The van der Waals surface area contributed by atoms with E-state index in [9.17, 15) is 9.59 Å². The second kappa shape index (κ2) is 12.5. The first-order chi connectivity index (χ1) is 15.0. The molecule has 6 nitrogen and oxygen atoms in total. The maximum atomic E-state index is 12.3. The molecule has 0 aromatic heterocycles. The highest BCUT2D eigenvalue weighted by molar-refractivity contribution is 6.68. The number of halogens is 6. The highest BCUT2D eigenvalue weighted by atomic mass is 35.6. The fourth-order valence-electron chi connectivity index (χ4n) is 2.35. The van der Waals surface area contributed by atoms with E-state index in [1.807, 2.05) is 0 Å². The van der Waals surface area contributed by atoms with Gasteiger partial charge in [-0.1, -0.05) is 106 Å². The van der Waals surface area contributed by atoms with Gasteiger partial charge in [0.25, 0.3) is 11.8 Å². The van der Waals surface area contributed by atoms with Gasteiger partial charge < -0.3 is 20.1 Å². The van der Waals surface area contributed by atoms with Crippen molar-refractivity contribution in [2.45, 2.75) is 20.0 Å². The van der Waals surface area contributed by atoms with Crippen LogP contribution < -0.4 is 10.6 Å². The van der Waals surface area contributed by atoms with E-state index in [1.54, 1.807) is 60.7 Å². The van der Waals surface area contributed by atoms with Gasteiger partial charge in [-0.2, -0.15) is 0 Å². The summed E-state index contributed by atoms with van der Waals surface area (Å²) in [5.41, 5.74) is 0.706. The van der Waals surface area contributed by atoms with Gasteiger partial charge in [0.05, 0.1) is 13.2 Å². The van der Waals surface area contributed by atoms with Gasteiger partial charge in [0.2, 0.25) is 7.59 Å². The van der Waals surface area contributed by atoms with Crippen LogP contribution in [0.4, 0.5) is 0 Å². The van der Waals surface area contributed by atoms with Gasteiger partial charge in [-0.3, -0.25) is 9.59 Å². The Morgan fingerprint density at radius 1 is 0.656 bits per heavy atom. The lowest BCUT2D eigenvalue weighted by atomic mass is 10.2. The van der Waals surface area contributed by atoms with Crippen molar-refractivity contribution in [1.29, 1.82) is 0 Å². The quantitative estimate of drug-likeness (QED) is 0.248. The van der Waals surface area contributed by atoms with Crippen LogP contribution in [0.1, 0.15) is 20.7 Å². The van der Waals surface area contributed by atoms with E-state index < -0.39 is 31.9 Å². The maximum Gasteiger partial charge on any atom is 0.253 e. The van der Waals surface area contributed by atoms with E-state index in [-0.39, 0.29) is 13.2 Å². The predicted octanol–water partition coefficient (Wildman–Crippen LogP) is 5.27. The molecule has 0 aliphatic heterocycles. The van der Waals surface area contributed by atoms with Crippen molar-refractivity contribution >= 4 is 81.4 Å². The van der Waals surface area contributed by atoms with Gasteiger partial charge in [0.1, 0.15) is 0 Å². The van der Waals surface area contributed by atoms with Crippen molar-refractivity contribution in [2.24, 2.45) is 0 Å². The van der Waals surface area contributed by atoms with Crippen LogP contribution in [0.5, 0.6) is 0 Å². The van der Waals surface area contributed by atoms with E-state index in [0.717, 1.165) is 0 Å². The number of rotatable bonds is 9. The third kappa shape index (κ3) is 9.12. The number of hydrogen-bond acceptors (Lipinski definition) is 4. The van der Waals surface area contributed by atoms with Crippen LogP contribution in [0.3, 0.4) is 0 Å². The number of ether oxygens (including phenoxy) is 2. The van der Waals surface area contributed by atoms with Crippen molar-refractivity contribution in [3.05, 3.63) is 71.8 Å². The summed E-state index contributed by atoms with van der Waals surface area (Å²) in [6.45, 7) is -0.321. The number of carbonyl (C=O) groups excluding carboxylic acids is 2. The predicted molar refractivity (Wildman–Crippen MR) is 128 cm³/mol. The first-order valence-corrected chi connectivity index (χ1v) is 11.3. The molecular formula is C20H18Cl6N2O4. The number of hydrogen-bond donors (Lipinski definition) is 2. The van der Waals surface area contributed by atoms with Crippen LogP contribution in [0.2, 0.25) is 0 Å². The summed E-state index contributed by atoms with van der Waals surface area (Å²) in [4.78, 5) is 24.7. The fraction of sp³-hybridized carbons (Fsp3) is 0.300. The van der Waals surface area contributed by atoms with E-state index in [4.69, 9.17) is 79.1 Å². The molecule has 0 aliphatic carbocycles. The molecule has 2 N–H and O–H groups in total. The van der Waals surface area contributed by atoms with Crippen LogP contribution in [0, 0.1) is 0 Å². The molecule has 0 aliphatic rings. The Balaban J connectivity index is 1.92. The third-order valence-corrected chi connectivity index (χ3v) is 5.03. The molecule has 0 heterocycles. The summed E-state index contributed by atoms with van der Waals surface area (Å²) in [7, 11) is 0. The Morgan fingerprint density at radius 2 is 0.969 bits per heavy atom. The molecule has 0 bridgehead atoms. The van der Waals surface area contributed by atoms with E-state index in [0.29, 0.717) is 11.1 Å². The Bertz CT molecular complexity index is 802. The lowest BCUT2D eigenvalue weighted by Crippen LogP contribution is -2.48. The number of benzene rings is 2. The molecule has 174 valence electrons. The van der Waals surface area contributed by atoms with E-state index in [1.165, 1.54) is 0 Å². The zero-order valence-electron chi connectivity index (χ0n) is 16.2. The standard InChI is InChI=1S/C20H18Cl6N2O4/c21-19(22,23)17(27-15(29)13-7-3-1-4-8-13)31-11-12-32-18(20(24,25)26)28-16(30)14-9-5-2-6-10-14/h1-10,17-18H,11-12H2,(H,27,29)(H,28,30)/t17-,18-/m0/s1. The maximum absolute atomic E-state index is 12.3. The summed E-state index contributed by atoms with van der Waals surface area (Å²) >= 11 is 35.5. The first-order valence-electron chi connectivity index (χ1n) is 9.07. The van der Waals surface area contributed by atoms with Crippen molar-refractivity contribution in [2.75, 3.05) is 13.2 Å². The molecule has 2 rings (SSSR count). The Labute approximate surface area is 215 Å². The minimum atomic E-state index is -1.97. The van der Waals surface area contributed by atoms with Gasteiger partial charge in [0.15, 0.2) is 12.5 Å². The van der Waals surface area contributed by atoms with Gasteiger partial charge in [0, 0.05) is 11.1 Å². The van der Waals surface area contributed by atoms with Gasteiger partial charge in [-0.05, 0) is 24.3 Å². The summed E-state index contributed by atoms with van der Waals surface area (Å²) in [6.07, 6.45) is -2.59. The van der Waals surface area contributed by atoms with Crippen LogP contribution in [-0.4, -0.2) is 45.1 Å². The number of amides is 2. The van der Waals surface area contributed by atoms with E-state index in [2.05, 4.69) is 10.6 Å². The highest BCUT2D eigenvalue weighted by Gasteiger charge is 2.37. The molecule has 0 fully saturated rings. The summed E-state index contributed by atoms with van der Waals surface area (Å²) < 4.78 is 6.97. The smallest absolute Gasteiger partial charge is 0.253 e. The Morgan fingerprint density at radius 3 is 1.25 bits per heavy atom. The lowest BCUT2D eigenvalue weighted by molar-refractivity contribution is -0.0345. The molecule has 0 saturated carbocycles. The molecular weight excluding hydrogens is 545 g/mol. The van der Waals surface area contributed by atoms with Gasteiger partial charge in [-0.15, -0.1) is 0 Å². The van der Waals surface area contributed by atoms with Crippen molar-refractivity contribution in [3.8, 4) is 0 Å². The second-order valence-electron chi connectivity index (χ2n) is 6.26. The molecule has 2 aromatic rings. The minimum absolute atomic E-state index is 0.161. The number of alkyl halides is 6. The largest absolute Gasteiger partial charge is 0.351 e. The normalized spacial score (nSPS) is 13.8. The molecule has 32 heavy (non-hydrogen) atoms. The van der Waals surface area contributed by atoms with Crippen LogP contribution in [0.15, 0.2) is 60.7 Å². The molecule has 2 atom stereocenters. The lowest BCUT2D eigenvalue weighted by Gasteiger charge is -2.28. The topological polar surface area (TPSA) is 76.7 Å². The van der Waals surface area contributed by atoms with Crippen molar-refractivity contribution in [3.63, 3.8) is 0 Å². The summed E-state index contributed by atoms with van der Waals surface area (Å²) in [5, 5.41) is 4.97. The average Bonchev–Trinajstić information content (AvgIpc) is 2.74. The molecule has 2 amide bonds. The molecule has 2 aromatic carbocycles. The average molecular weight is 563 g/mol. The van der Waals surface area contributed by atoms with Crippen molar-refractivity contribution in [1.82, 2.24) is 10.6 Å². The van der Waals surface area contributed by atoms with Gasteiger partial charge >= 0.3 is 0 Å². The molecule has 0 saturated heterocycles.